The monoisotopic (exact) mass is 388 g/mol. The summed E-state index contributed by atoms with van der Waals surface area (Å²) in [6, 6.07) is 7.42. The molecule has 0 saturated carbocycles. The first-order chi connectivity index (χ1) is 9.85. The zero-order chi connectivity index (χ0) is 15.2. The molecule has 21 heavy (non-hydrogen) atoms. The van der Waals surface area contributed by atoms with Gasteiger partial charge in [-0.2, -0.15) is 4.99 Å². The second kappa shape index (κ2) is 5.40. The Hall–Kier alpha value is -0.860. The Labute approximate surface area is 135 Å². The van der Waals surface area contributed by atoms with Crippen LogP contribution in [0.1, 0.15) is 6.92 Å². The molecular weight excluding hydrogens is 376 g/mol. The second-order valence-electron chi connectivity index (χ2n) is 5.06. The highest BCUT2D eigenvalue weighted by Gasteiger charge is 2.49. The summed E-state index contributed by atoms with van der Waals surface area (Å²) in [7, 11) is -3.02. The normalized spacial score (nSPS) is 28.9. The van der Waals surface area contributed by atoms with Crippen molar-refractivity contribution in [1.29, 1.82) is 0 Å². The fraction of sp³-hybridized carbons (Fsp3) is 0.385. The lowest BCUT2D eigenvalue weighted by atomic mass is 10.2. The van der Waals surface area contributed by atoms with Crippen molar-refractivity contribution in [1.82, 2.24) is 0 Å². The smallest absolute Gasteiger partial charge is 0.244 e. The number of amidine groups is 1. The zero-order valence-corrected chi connectivity index (χ0v) is 14.4. The number of amides is 1. The Morgan fingerprint density at radius 2 is 2.00 bits per heavy atom. The average Bonchev–Trinajstić information content (AvgIpc) is 2.81. The van der Waals surface area contributed by atoms with E-state index in [1.165, 1.54) is 18.7 Å². The third kappa shape index (κ3) is 3.02. The number of thioether (sulfide) groups is 1. The van der Waals surface area contributed by atoms with Crippen molar-refractivity contribution in [3.8, 4) is 0 Å². The van der Waals surface area contributed by atoms with Crippen molar-refractivity contribution in [2.75, 3.05) is 16.4 Å². The standard InChI is InChI=1S/C13H13BrN2O3S2/c1-8(17)15-13-16(10-4-2-9(14)3-5-10)11-6-21(18,19)7-12(11)20-13/h2-5,11-12H,6-7H2,1H3. The molecule has 2 saturated heterocycles. The first kappa shape index (κ1) is 15.1. The van der Waals surface area contributed by atoms with Crippen LogP contribution in [-0.2, 0) is 14.6 Å². The highest BCUT2D eigenvalue weighted by molar-refractivity contribution is 9.10. The van der Waals surface area contributed by atoms with Gasteiger partial charge in [0, 0.05) is 22.3 Å². The number of halogens is 1. The van der Waals surface area contributed by atoms with E-state index in [4.69, 9.17) is 0 Å². The topological polar surface area (TPSA) is 66.8 Å². The van der Waals surface area contributed by atoms with Crippen LogP contribution in [0.4, 0.5) is 5.69 Å². The van der Waals surface area contributed by atoms with Crippen LogP contribution < -0.4 is 4.90 Å². The summed E-state index contributed by atoms with van der Waals surface area (Å²) in [5.74, 6) is -0.0216. The van der Waals surface area contributed by atoms with Crippen LogP contribution in [0.3, 0.4) is 0 Å². The van der Waals surface area contributed by atoms with Crippen molar-refractivity contribution < 1.29 is 13.2 Å². The van der Waals surface area contributed by atoms with E-state index in [1.807, 2.05) is 29.2 Å². The minimum absolute atomic E-state index is 0.0586. The minimum atomic E-state index is -3.02. The minimum Gasteiger partial charge on any atom is -0.316 e. The van der Waals surface area contributed by atoms with Gasteiger partial charge in [-0.25, -0.2) is 8.42 Å². The first-order valence-corrected chi connectivity index (χ1v) is 9.86. The summed E-state index contributed by atoms with van der Waals surface area (Å²) in [6.45, 7) is 1.40. The van der Waals surface area contributed by atoms with Gasteiger partial charge >= 0.3 is 0 Å². The molecule has 0 aromatic heterocycles. The van der Waals surface area contributed by atoms with E-state index in [-0.39, 0.29) is 28.7 Å². The highest BCUT2D eigenvalue weighted by atomic mass is 79.9. The predicted octanol–water partition coefficient (Wildman–Crippen LogP) is 2.07. The van der Waals surface area contributed by atoms with E-state index >= 15 is 0 Å². The Kier molecular flexibility index (Phi) is 3.87. The highest BCUT2D eigenvalue weighted by Crippen LogP contribution is 2.41. The lowest BCUT2D eigenvalue weighted by Crippen LogP contribution is -2.37. The molecular formula is C13H13BrN2O3S2. The largest absolute Gasteiger partial charge is 0.316 e. The molecule has 2 heterocycles. The quantitative estimate of drug-likeness (QED) is 0.736. The number of sulfone groups is 1. The molecule has 2 unspecified atom stereocenters. The molecule has 5 nitrogen and oxygen atoms in total. The molecule has 8 heteroatoms. The molecule has 112 valence electrons. The van der Waals surface area contributed by atoms with Gasteiger partial charge in [0.15, 0.2) is 15.0 Å². The molecule has 2 aliphatic heterocycles. The fourth-order valence-corrected chi connectivity index (χ4v) is 6.83. The molecule has 1 amide bonds. The molecule has 0 aliphatic carbocycles. The average molecular weight is 389 g/mol. The lowest BCUT2D eigenvalue weighted by Gasteiger charge is -2.24. The third-order valence-electron chi connectivity index (χ3n) is 3.42. The van der Waals surface area contributed by atoms with Crippen LogP contribution in [0, 0.1) is 0 Å². The molecule has 1 aromatic rings. The van der Waals surface area contributed by atoms with Crippen molar-refractivity contribution >= 4 is 54.3 Å². The van der Waals surface area contributed by atoms with Gasteiger partial charge in [-0.3, -0.25) is 4.79 Å². The van der Waals surface area contributed by atoms with Crippen molar-refractivity contribution in [3.63, 3.8) is 0 Å². The van der Waals surface area contributed by atoms with Gasteiger partial charge in [-0.15, -0.1) is 0 Å². The van der Waals surface area contributed by atoms with Gasteiger partial charge in [-0.1, -0.05) is 27.7 Å². The molecule has 3 rings (SSSR count). The molecule has 0 N–H and O–H groups in total. The van der Waals surface area contributed by atoms with Crippen LogP contribution >= 0.6 is 27.7 Å². The van der Waals surface area contributed by atoms with E-state index < -0.39 is 9.84 Å². The van der Waals surface area contributed by atoms with Gasteiger partial charge in [0.25, 0.3) is 0 Å². The number of fused-ring (bicyclic) bond motifs is 1. The maximum Gasteiger partial charge on any atom is 0.244 e. The summed E-state index contributed by atoms with van der Waals surface area (Å²) in [5.41, 5.74) is 0.857. The van der Waals surface area contributed by atoms with Crippen LogP contribution in [0.2, 0.25) is 0 Å². The van der Waals surface area contributed by atoms with Crippen molar-refractivity contribution in [2.24, 2.45) is 4.99 Å². The second-order valence-corrected chi connectivity index (χ2v) is 9.34. The van der Waals surface area contributed by atoms with Crippen molar-refractivity contribution in [2.45, 2.75) is 18.2 Å². The lowest BCUT2D eigenvalue weighted by molar-refractivity contribution is -0.115. The van der Waals surface area contributed by atoms with Crippen molar-refractivity contribution in [3.05, 3.63) is 28.7 Å². The summed E-state index contributed by atoms with van der Waals surface area (Å²) in [6.07, 6.45) is 0. The molecule has 2 aliphatic rings. The molecule has 0 spiro atoms. The fourth-order valence-electron chi connectivity index (χ4n) is 2.60. The maximum atomic E-state index is 11.8. The number of nitrogens with zero attached hydrogens (tertiary/aromatic N) is 2. The Bertz CT molecular complexity index is 715. The van der Waals surface area contributed by atoms with Gasteiger partial charge in [0.05, 0.1) is 17.5 Å². The summed E-state index contributed by atoms with van der Waals surface area (Å²) in [4.78, 5) is 17.3. The van der Waals surface area contributed by atoms with E-state index in [9.17, 15) is 13.2 Å². The van der Waals surface area contributed by atoms with Crippen LogP contribution in [-0.4, -0.2) is 42.3 Å². The molecule has 1 aromatic carbocycles. The van der Waals surface area contributed by atoms with E-state index in [2.05, 4.69) is 20.9 Å². The summed E-state index contributed by atoms with van der Waals surface area (Å²) >= 11 is 4.76. The van der Waals surface area contributed by atoms with E-state index in [0.29, 0.717) is 5.17 Å². The van der Waals surface area contributed by atoms with Gasteiger partial charge < -0.3 is 4.90 Å². The molecule has 0 bridgehead atoms. The maximum absolute atomic E-state index is 11.8. The Balaban J connectivity index is 2.02. The number of aliphatic imine (C=N–C) groups is 1. The summed E-state index contributed by atoms with van der Waals surface area (Å²) in [5, 5.41) is 0.534. The van der Waals surface area contributed by atoms with E-state index in [0.717, 1.165) is 10.2 Å². The summed E-state index contributed by atoms with van der Waals surface area (Å²) < 4.78 is 24.6. The number of hydrogen-bond donors (Lipinski definition) is 0. The number of carbonyl (C=O) groups is 1. The number of carbonyl (C=O) groups excluding carboxylic acids is 1. The predicted molar refractivity (Wildman–Crippen MR) is 88.6 cm³/mol. The van der Waals surface area contributed by atoms with Gasteiger partial charge in [0.2, 0.25) is 5.91 Å². The molecule has 0 radical (unpaired) electrons. The first-order valence-electron chi connectivity index (χ1n) is 6.37. The van der Waals surface area contributed by atoms with Crippen LogP contribution in [0.25, 0.3) is 0 Å². The molecule has 2 fully saturated rings. The third-order valence-corrected chi connectivity index (χ3v) is 7.16. The molecule has 2 atom stereocenters. The van der Waals surface area contributed by atoms with E-state index in [1.54, 1.807) is 0 Å². The number of anilines is 1. The number of rotatable bonds is 1. The van der Waals surface area contributed by atoms with Crippen LogP contribution in [0.15, 0.2) is 33.7 Å². The van der Waals surface area contributed by atoms with Gasteiger partial charge in [-0.05, 0) is 24.3 Å². The Morgan fingerprint density at radius 1 is 1.33 bits per heavy atom. The van der Waals surface area contributed by atoms with Gasteiger partial charge in [0.1, 0.15) is 0 Å². The SMILES string of the molecule is CC(=O)N=C1SC2CS(=O)(=O)CC2N1c1ccc(Br)cc1. The Morgan fingerprint density at radius 3 is 2.62 bits per heavy atom. The van der Waals surface area contributed by atoms with Crippen LogP contribution in [0.5, 0.6) is 0 Å². The number of benzene rings is 1. The number of hydrogen-bond acceptors (Lipinski definition) is 4. The zero-order valence-electron chi connectivity index (χ0n) is 11.2.